The van der Waals surface area contributed by atoms with E-state index in [1.54, 1.807) is 0 Å². The molecule has 58 heavy (non-hydrogen) atoms. The summed E-state index contributed by atoms with van der Waals surface area (Å²) in [6.45, 7) is 0. The van der Waals surface area contributed by atoms with Gasteiger partial charge in [-0.3, -0.25) is 19.9 Å². The average Bonchev–Trinajstić information content (AvgIpc) is 3.95. The molecule has 9 aromatic rings. The molecule has 0 radical (unpaired) electrons. The van der Waals surface area contributed by atoms with E-state index in [-0.39, 0.29) is 6.04 Å². The lowest BCUT2D eigenvalue weighted by Crippen LogP contribution is -2.45. The van der Waals surface area contributed by atoms with Gasteiger partial charge < -0.3 is 30.9 Å². The van der Waals surface area contributed by atoms with E-state index in [2.05, 4.69) is 37.4 Å². The Bertz CT molecular complexity index is 2940. The smallest absolute Gasteiger partial charge is 0.321 e. The molecule has 1 aliphatic heterocycles. The minimum atomic E-state index is -0.972. The number of nitrogens with one attached hydrogen (secondary N) is 4. The van der Waals surface area contributed by atoms with E-state index in [0.717, 1.165) is 66.5 Å². The number of carbonyl (C=O) groups is 2. The van der Waals surface area contributed by atoms with Crippen LogP contribution in [0, 0.1) is 0 Å². The summed E-state index contributed by atoms with van der Waals surface area (Å²) in [5.74, 6) is -1.82. The number of carboxylic acid groups (broad SMARTS) is 2. The Morgan fingerprint density at radius 2 is 1.34 bits per heavy atom. The second-order valence-corrected chi connectivity index (χ2v) is 14.8. The Labute approximate surface area is 342 Å². The molecular formula is C46H38Cl2N6O4. The minimum absolute atomic E-state index is 0.263. The van der Waals surface area contributed by atoms with Crippen LogP contribution in [0.25, 0.3) is 54.9 Å². The minimum Gasteiger partial charge on any atom is -0.480 e. The van der Waals surface area contributed by atoms with Crippen LogP contribution in [0.5, 0.6) is 0 Å². The molecule has 3 atom stereocenters. The van der Waals surface area contributed by atoms with E-state index in [1.165, 1.54) is 10.8 Å². The molecule has 10 rings (SSSR count). The molecule has 0 bridgehead atoms. The molecule has 4 aromatic heterocycles. The number of nitrogens with zero attached hydrogens (tertiary/aromatic N) is 1. The number of carboxylic acids is 2. The van der Waals surface area contributed by atoms with Gasteiger partial charge in [0.1, 0.15) is 12.1 Å². The van der Waals surface area contributed by atoms with Crippen LogP contribution in [-0.4, -0.2) is 54.2 Å². The van der Waals surface area contributed by atoms with Gasteiger partial charge >= 0.3 is 11.9 Å². The van der Waals surface area contributed by atoms with Gasteiger partial charge in [0.05, 0.1) is 22.3 Å². The molecule has 5 aromatic carbocycles. The molecule has 0 saturated carbocycles. The first-order valence-corrected chi connectivity index (χ1v) is 19.4. The van der Waals surface area contributed by atoms with Gasteiger partial charge in [0.15, 0.2) is 0 Å². The van der Waals surface area contributed by atoms with Crippen molar-refractivity contribution in [3.8, 4) is 11.3 Å². The number of pyridine rings is 1. The first-order chi connectivity index (χ1) is 28.2. The summed E-state index contributed by atoms with van der Waals surface area (Å²) in [6.07, 6.45) is 4.45. The van der Waals surface area contributed by atoms with E-state index in [0.29, 0.717) is 22.9 Å². The molecule has 0 saturated heterocycles. The van der Waals surface area contributed by atoms with Crippen LogP contribution in [-0.2, 0) is 22.4 Å². The zero-order chi connectivity index (χ0) is 40.3. The van der Waals surface area contributed by atoms with Crippen LogP contribution in [0.4, 0.5) is 0 Å². The van der Waals surface area contributed by atoms with Crippen molar-refractivity contribution in [1.82, 2.24) is 25.3 Å². The Hall–Kier alpha value is -6.43. The maximum Gasteiger partial charge on any atom is 0.321 e. The van der Waals surface area contributed by atoms with Gasteiger partial charge in [-0.25, -0.2) is 0 Å². The fourth-order valence-corrected chi connectivity index (χ4v) is 8.07. The molecular weight excluding hydrogens is 771 g/mol. The monoisotopic (exact) mass is 808 g/mol. The van der Waals surface area contributed by atoms with Crippen molar-refractivity contribution in [3.05, 3.63) is 172 Å². The standard InChI is InChI=1S/C18H15ClN2O2.C17H11ClN2.C11H12N2O2/c19-13-7-3-1-6-11(13)16-17-12(9-15(21-16)18(22)23)10-5-2-4-8-14(10)20-17;18-14-7-3-1-6-13(14)16-17-12(9-10-19-16)11-5-2-4-8-15(11)20-17;12-9(11(14)15)5-7-6-13-10-4-2-1-3-8(7)10/h1-8,15-16,20-21H,9H2,(H,22,23);1-10,20H;1-4,6,9,13H,5,12H2,(H,14,15). The van der Waals surface area contributed by atoms with Crippen LogP contribution in [0.1, 0.15) is 28.4 Å². The van der Waals surface area contributed by atoms with Crippen molar-refractivity contribution in [2.45, 2.75) is 31.0 Å². The van der Waals surface area contributed by atoms with Crippen molar-refractivity contribution in [2.75, 3.05) is 0 Å². The number of H-pyrrole nitrogens is 3. The van der Waals surface area contributed by atoms with E-state index >= 15 is 0 Å². The maximum absolute atomic E-state index is 11.6. The molecule has 10 nitrogen and oxygen atoms in total. The van der Waals surface area contributed by atoms with Crippen molar-refractivity contribution in [1.29, 1.82) is 0 Å². The molecule has 12 heteroatoms. The van der Waals surface area contributed by atoms with Crippen LogP contribution in [0.15, 0.2) is 140 Å². The number of nitrogens with two attached hydrogens (primary N) is 1. The number of para-hydroxylation sites is 3. The molecule has 1 aliphatic rings. The van der Waals surface area contributed by atoms with Crippen LogP contribution in [0.2, 0.25) is 10.0 Å². The number of hydrogen-bond acceptors (Lipinski definition) is 5. The Morgan fingerprint density at radius 3 is 2.05 bits per heavy atom. The van der Waals surface area contributed by atoms with Crippen LogP contribution >= 0.6 is 23.2 Å². The Morgan fingerprint density at radius 1 is 0.724 bits per heavy atom. The SMILES string of the molecule is Clc1ccccc1-c1nccc2c1[nH]c1ccccc12.NC(Cc1c[nH]c2ccccc12)C(=O)O.O=C(O)C1Cc2c([nH]c3ccccc23)C(c2ccccc2Cl)N1. The number of rotatable bonds is 6. The third-order valence-corrected chi connectivity index (χ3v) is 11.1. The maximum atomic E-state index is 11.6. The molecule has 290 valence electrons. The van der Waals surface area contributed by atoms with Gasteiger partial charge in [-0.2, -0.15) is 0 Å². The number of aromatic nitrogens is 4. The lowest BCUT2D eigenvalue weighted by Gasteiger charge is -2.30. The Kier molecular flexibility index (Phi) is 11.0. The summed E-state index contributed by atoms with van der Waals surface area (Å²) in [5.41, 5.74) is 15.4. The largest absolute Gasteiger partial charge is 0.480 e. The molecule has 0 fully saturated rings. The number of benzene rings is 5. The van der Waals surface area contributed by atoms with Crippen molar-refractivity contribution in [2.24, 2.45) is 5.73 Å². The molecule has 0 aliphatic carbocycles. The van der Waals surface area contributed by atoms with Gasteiger partial charge in [0.2, 0.25) is 0 Å². The summed E-state index contributed by atoms with van der Waals surface area (Å²) in [6, 6.07) is 39.6. The first-order valence-electron chi connectivity index (χ1n) is 18.6. The highest BCUT2D eigenvalue weighted by Crippen LogP contribution is 2.38. The third kappa shape index (κ3) is 7.66. The molecule has 0 spiro atoms. The third-order valence-electron chi connectivity index (χ3n) is 10.4. The molecule has 3 unspecified atom stereocenters. The number of aliphatic carboxylic acids is 2. The van der Waals surface area contributed by atoms with Crippen LogP contribution in [0.3, 0.4) is 0 Å². The summed E-state index contributed by atoms with van der Waals surface area (Å²) < 4.78 is 0. The first kappa shape index (κ1) is 38.4. The molecule has 0 amide bonds. The zero-order valence-corrected chi connectivity index (χ0v) is 32.4. The normalized spacial score (nSPS) is 15.3. The quantitative estimate of drug-likeness (QED) is 0.0876. The predicted molar refractivity (Wildman–Crippen MR) is 232 cm³/mol. The van der Waals surface area contributed by atoms with Gasteiger partial charge in [-0.15, -0.1) is 0 Å². The van der Waals surface area contributed by atoms with Gasteiger partial charge in [-0.05, 0) is 53.1 Å². The highest BCUT2D eigenvalue weighted by molar-refractivity contribution is 6.33. The van der Waals surface area contributed by atoms with Gasteiger partial charge in [-0.1, -0.05) is 114 Å². The summed E-state index contributed by atoms with van der Waals surface area (Å²) >= 11 is 12.7. The topological polar surface area (TPSA) is 173 Å². The van der Waals surface area contributed by atoms with E-state index < -0.39 is 24.0 Å². The van der Waals surface area contributed by atoms with Gasteiger partial charge in [0.25, 0.3) is 0 Å². The number of aromatic amines is 3. The second-order valence-electron chi connectivity index (χ2n) is 14.0. The second kappa shape index (κ2) is 16.6. The number of hydrogen-bond donors (Lipinski definition) is 7. The Balaban J connectivity index is 0.000000124. The number of fused-ring (bicyclic) bond motifs is 7. The fourth-order valence-electron chi connectivity index (χ4n) is 7.60. The van der Waals surface area contributed by atoms with Crippen molar-refractivity contribution in [3.63, 3.8) is 0 Å². The lowest BCUT2D eigenvalue weighted by molar-refractivity contribution is -0.140. The molecule has 5 heterocycles. The van der Waals surface area contributed by atoms with Crippen molar-refractivity contribution >= 4 is 78.8 Å². The lowest BCUT2D eigenvalue weighted by atomic mass is 9.90. The average molecular weight is 810 g/mol. The van der Waals surface area contributed by atoms with Crippen LogP contribution < -0.4 is 11.1 Å². The van der Waals surface area contributed by atoms with E-state index in [1.807, 2.05) is 128 Å². The van der Waals surface area contributed by atoms with E-state index in [4.69, 9.17) is 34.0 Å². The van der Waals surface area contributed by atoms with Crippen molar-refractivity contribution < 1.29 is 19.8 Å². The predicted octanol–water partition coefficient (Wildman–Crippen LogP) is 9.67. The summed E-state index contributed by atoms with van der Waals surface area (Å²) in [5, 5.41) is 27.3. The number of halogens is 2. The van der Waals surface area contributed by atoms with Gasteiger partial charge in [0, 0.05) is 79.6 Å². The summed E-state index contributed by atoms with van der Waals surface area (Å²) in [4.78, 5) is 36.7. The van der Waals surface area contributed by atoms with E-state index in [9.17, 15) is 14.7 Å². The zero-order valence-electron chi connectivity index (χ0n) is 30.9. The highest BCUT2D eigenvalue weighted by Gasteiger charge is 2.34. The molecule has 8 N–H and O–H groups in total. The fraction of sp³-hybridized carbons (Fsp3) is 0.109. The summed E-state index contributed by atoms with van der Waals surface area (Å²) in [7, 11) is 0. The highest BCUT2D eigenvalue weighted by atomic mass is 35.5.